The molecular weight excluding hydrogens is 282 g/mol. The maximum absolute atomic E-state index is 4.65. The lowest BCUT2D eigenvalue weighted by atomic mass is 9.84. The summed E-state index contributed by atoms with van der Waals surface area (Å²) in [4.78, 5) is 11.8. The summed E-state index contributed by atoms with van der Waals surface area (Å²) in [6.07, 6.45) is 15.8. The highest BCUT2D eigenvalue weighted by molar-refractivity contribution is 5.82. The van der Waals surface area contributed by atoms with Crippen LogP contribution in [0.15, 0.2) is 24.5 Å². The van der Waals surface area contributed by atoms with Crippen LogP contribution < -0.4 is 4.90 Å². The zero-order valence-electron chi connectivity index (χ0n) is 14.0. The highest BCUT2D eigenvalue weighted by atomic mass is 15.1. The monoisotopic (exact) mass is 309 g/mol. The quantitative estimate of drug-likeness (QED) is 0.820. The van der Waals surface area contributed by atoms with E-state index in [0.717, 1.165) is 17.0 Å². The van der Waals surface area contributed by atoms with Gasteiger partial charge in [-0.15, -0.1) is 0 Å². The van der Waals surface area contributed by atoms with Crippen LogP contribution in [0.2, 0.25) is 0 Å². The first-order valence-corrected chi connectivity index (χ1v) is 9.39. The molecule has 1 saturated carbocycles. The van der Waals surface area contributed by atoms with Gasteiger partial charge in [0.15, 0.2) is 0 Å². The van der Waals surface area contributed by atoms with Gasteiger partial charge in [-0.05, 0) is 49.3 Å². The van der Waals surface area contributed by atoms with E-state index in [0.29, 0.717) is 0 Å². The molecule has 0 spiro atoms. The Hall–Kier alpha value is -1.64. The van der Waals surface area contributed by atoms with Crippen molar-refractivity contribution in [3.8, 4) is 0 Å². The molecule has 0 unspecified atom stereocenters. The summed E-state index contributed by atoms with van der Waals surface area (Å²) in [5.74, 6) is 0.838. The average Bonchev–Trinajstić information content (AvgIpc) is 2.63. The van der Waals surface area contributed by atoms with E-state index in [4.69, 9.17) is 0 Å². The van der Waals surface area contributed by atoms with Crippen LogP contribution in [-0.4, -0.2) is 23.1 Å². The van der Waals surface area contributed by atoms with Crippen molar-refractivity contribution < 1.29 is 0 Å². The van der Waals surface area contributed by atoms with E-state index in [9.17, 15) is 0 Å². The van der Waals surface area contributed by atoms with Crippen LogP contribution in [0.3, 0.4) is 0 Å². The third kappa shape index (κ3) is 3.34. The van der Waals surface area contributed by atoms with Crippen molar-refractivity contribution in [1.82, 2.24) is 9.97 Å². The van der Waals surface area contributed by atoms with E-state index in [1.807, 2.05) is 12.4 Å². The van der Waals surface area contributed by atoms with Gasteiger partial charge in [0.05, 0.1) is 11.0 Å². The van der Waals surface area contributed by atoms with Crippen molar-refractivity contribution in [2.75, 3.05) is 18.0 Å². The van der Waals surface area contributed by atoms with Crippen LogP contribution in [0.5, 0.6) is 0 Å². The van der Waals surface area contributed by atoms with E-state index in [-0.39, 0.29) is 0 Å². The first kappa shape index (κ1) is 14.9. The van der Waals surface area contributed by atoms with Crippen LogP contribution >= 0.6 is 0 Å². The molecule has 3 heteroatoms. The van der Waals surface area contributed by atoms with Gasteiger partial charge in [-0.2, -0.15) is 0 Å². The molecule has 0 bridgehead atoms. The molecule has 1 aromatic heterocycles. The summed E-state index contributed by atoms with van der Waals surface area (Å²) in [7, 11) is 0. The molecule has 0 N–H and O–H groups in total. The van der Waals surface area contributed by atoms with E-state index in [1.54, 1.807) is 0 Å². The van der Waals surface area contributed by atoms with Gasteiger partial charge < -0.3 is 4.90 Å². The molecule has 1 aromatic carbocycles. The van der Waals surface area contributed by atoms with Gasteiger partial charge in [0.25, 0.3) is 0 Å². The van der Waals surface area contributed by atoms with Gasteiger partial charge in [0, 0.05) is 31.2 Å². The fourth-order valence-electron chi connectivity index (χ4n) is 4.32. The van der Waals surface area contributed by atoms with Crippen molar-refractivity contribution in [2.45, 2.75) is 57.8 Å². The lowest BCUT2D eigenvalue weighted by Crippen LogP contribution is -2.29. The lowest BCUT2D eigenvalue weighted by Gasteiger charge is -2.30. The van der Waals surface area contributed by atoms with Crippen molar-refractivity contribution in [2.24, 2.45) is 5.92 Å². The molecule has 2 aliphatic rings. The number of hydrogen-bond acceptors (Lipinski definition) is 3. The molecule has 23 heavy (non-hydrogen) atoms. The number of piperidine rings is 1. The first-order valence-electron chi connectivity index (χ1n) is 9.39. The fourth-order valence-corrected chi connectivity index (χ4v) is 4.32. The lowest BCUT2D eigenvalue weighted by molar-refractivity contribution is 0.357. The normalized spacial score (nSPS) is 20.1. The largest absolute Gasteiger partial charge is 0.371 e. The second kappa shape index (κ2) is 6.86. The van der Waals surface area contributed by atoms with E-state index in [2.05, 4.69) is 27.0 Å². The van der Waals surface area contributed by atoms with Gasteiger partial charge in [-0.1, -0.05) is 32.1 Å². The second-order valence-electron chi connectivity index (χ2n) is 7.28. The maximum atomic E-state index is 4.65. The molecular formula is C20H27N3. The Balaban J connectivity index is 1.68. The highest BCUT2D eigenvalue weighted by Gasteiger charge is 2.18. The number of rotatable bonds is 3. The minimum Gasteiger partial charge on any atom is -0.371 e. The van der Waals surface area contributed by atoms with Crippen LogP contribution in [0, 0.1) is 5.92 Å². The molecule has 2 fully saturated rings. The van der Waals surface area contributed by atoms with Gasteiger partial charge in [0.1, 0.15) is 0 Å². The Bertz CT molecular complexity index is 655. The summed E-state index contributed by atoms with van der Waals surface area (Å²) in [6, 6.07) is 4.66. The van der Waals surface area contributed by atoms with Crippen molar-refractivity contribution >= 4 is 16.7 Å². The van der Waals surface area contributed by atoms with E-state index in [1.165, 1.54) is 82.1 Å². The number of anilines is 1. The molecule has 0 amide bonds. The SMILES string of the molecule is c1cnc2c(CC3CCCCC3)cc(N3CCCCC3)cc2n1. The Morgan fingerprint density at radius 2 is 1.61 bits per heavy atom. The van der Waals surface area contributed by atoms with Gasteiger partial charge in [-0.25, -0.2) is 0 Å². The molecule has 3 nitrogen and oxygen atoms in total. The number of nitrogens with zero attached hydrogens (tertiary/aromatic N) is 3. The summed E-state index contributed by atoms with van der Waals surface area (Å²) >= 11 is 0. The Kier molecular flexibility index (Phi) is 4.45. The number of fused-ring (bicyclic) bond motifs is 1. The molecule has 122 valence electrons. The van der Waals surface area contributed by atoms with E-state index >= 15 is 0 Å². The molecule has 2 aromatic rings. The summed E-state index contributed by atoms with van der Waals surface area (Å²) in [5, 5.41) is 0. The third-order valence-electron chi connectivity index (χ3n) is 5.59. The number of hydrogen-bond donors (Lipinski definition) is 0. The van der Waals surface area contributed by atoms with Crippen LogP contribution in [-0.2, 0) is 6.42 Å². The van der Waals surface area contributed by atoms with Crippen LogP contribution in [0.1, 0.15) is 56.9 Å². The summed E-state index contributed by atoms with van der Waals surface area (Å²) in [6.45, 7) is 2.38. The zero-order chi connectivity index (χ0) is 15.5. The topological polar surface area (TPSA) is 29.0 Å². The second-order valence-corrected chi connectivity index (χ2v) is 7.28. The number of benzene rings is 1. The molecule has 0 atom stereocenters. The van der Waals surface area contributed by atoms with Crippen LogP contribution in [0.25, 0.3) is 11.0 Å². The van der Waals surface area contributed by atoms with Gasteiger partial charge in [-0.3, -0.25) is 9.97 Å². The Labute approximate surface area is 139 Å². The smallest absolute Gasteiger partial charge is 0.0920 e. The Morgan fingerprint density at radius 3 is 2.43 bits per heavy atom. The molecule has 4 rings (SSSR count). The highest BCUT2D eigenvalue weighted by Crippen LogP contribution is 2.31. The predicted molar refractivity (Wildman–Crippen MR) is 95.9 cm³/mol. The fraction of sp³-hybridized carbons (Fsp3) is 0.600. The van der Waals surface area contributed by atoms with E-state index < -0.39 is 0 Å². The minimum atomic E-state index is 0.838. The minimum absolute atomic E-state index is 0.838. The zero-order valence-corrected chi connectivity index (χ0v) is 14.0. The molecule has 2 heterocycles. The van der Waals surface area contributed by atoms with Crippen molar-refractivity contribution in [3.05, 3.63) is 30.1 Å². The first-order chi connectivity index (χ1) is 11.4. The molecule has 0 radical (unpaired) electrons. The molecule has 1 aliphatic carbocycles. The Morgan fingerprint density at radius 1 is 0.870 bits per heavy atom. The van der Waals surface area contributed by atoms with Crippen LogP contribution in [0.4, 0.5) is 5.69 Å². The number of aromatic nitrogens is 2. The predicted octanol–water partition coefficient (Wildman–Crippen LogP) is 4.74. The van der Waals surface area contributed by atoms with Crippen molar-refractivity contribution in [1.29, 1.82) is 0 Å². The average molecular weight is 309 g/mol. The molecule has 1 saturated heterocycles. The summed E-state index contributed by atoms with van der Waals surface area (Å²) < 4.78 is 0. The summed E-state index contributed by atoms with van der Waals surface area (Å²) in [5.41, 5.74) is 4.98. The van der Waals surface area contributed by atoms with Gasteiger partial charge >= 0.3 is 0 Å². The third-order valence-corrected chi connectivity index (χ3v) is 5.59. The maximum Gasteiger partial charge on any atom is 0.0920 e. The molecule has 1 aliphatic heterocycles. The van der Waals surface area contributed by atoms with Gasteiger partial charge in [0.2, 0.25) is 0 Å². The standard InChI is InChI=1S/C20H27N3/c1-3-7-16(8-4-1)13-17-14-18(23-11-5-2-6-12-23)15-19-20(17)22-10-9-21-19/h9-10,14-16H,1-8,11-13H2. The van der Waals surface area contributed by atoms with Crippen molar-refractivity contribution in [3.63, 3.8) is 0 Å².